The van der Waals surface area contributed by atoms with Crippen LogP contribution in [0.1, 0.15) is 11.1 Å². The standard InChI is InChI=1S/C10H12N2O2/c1-5-6(2)10-8(3-7(5)11)12-9(13)4-14-10/h3H,4,11H2,1-2H3,(H,12,13). The van der Waals surface area contributed by atoms with Crippen molar-refractivity contribution >= 4 is 17.3 Å². The average molecular weight is 192 g/mol. The molecular formula is C10H12N2O2. The summed E-state index contributed by atoms with van der Waals surface area (Å²) in [6.45, 7) is 3.95. The maximum Gasteiger partial charge on any atom is 0.262 e. The molecule has 0 atom stereocenters. The van der Waals surface area contributed by atoms with Crippen molar-refractivity contribution < 1.29 is 9.53 Å². The highest BCUT2D eigenvalue weighted by atomic mass is 16.5. The van der Waals surface area contributed by atoms with Gasteiger partial charge in [0, 0.05) is 5.69 Å². The number of hydrogen-bond donors (Lipinski definition) is 2. The van der Waals surface area contributed by atoms with Gasteiger partial charge in [-0.3, -0.25) is 4.79 Å². The maximum absolute atomic E-state index is 11.1. The van der Waals surface area contributed by atoms with Gasteiger partial charge in [0.1, 0.15) is 5.75 Å². The van der Waals surface area contributed by atoms with Crippen molar-refractivity contribution in [1.29, 1.82) is 0 Å². The van der Waals surface area contributed by atoms with Gasteiger partial charge in [0.15, 0.2) is 6.61 Å². The molecule has 1 aromatic carbocycles. The molecule has 1 aliphatic rings. The van der Waals surface area contributed by atoms with Gasteiger partial charge in [-0.25, -0.2) is 0 Å². The minimum absolute atomic E-state index is 0.0806. The van der Waals surface area contributed by atoms with Gasteiger partial charge in [-0.05, 0) is 31.0 Å². The number of hydrogen-bond acceptors (Lipinski definition) is 3. The molecule has 0 aromatic heterocycles. The SMILES string of the molecule is Cc1c(N)cc2c(c1C)OCC(=O)N2. The lowest BCUT2D eigenvalue weighted by Gasteiger charge is -2.21. The number of anilines is 2. The molecule has 2 rings (SSSR count). The summed E-state index contributed by atoms with van der Waals surface area (Å²) in [4.78, 5) is 11.1. The first kappa shape index (κ1) is 8.87. The Bertz CT molecular complexity index is 413. The first-order valence-electron chi connectivity index (χ1n) is 4.42. The number of amides is 1. The highest BCUT2D eigenvalue weighted by molar-refractivity contribution is 5.96. The molecule has 0 bridgehead atoms. The summed E-state index contributed by atoms with van der Waals surface area (Å²) in [7, 11) is 0. The zero-order valence-electron chi connectivity index (χ0n) is 8.18. The lowest BCUT2D eigenvalue weighted by molar-refractivity contribution is -0.118. The normalized spacial score (nSPS) is 14.3. The number of nitrogens with one attached hydrogen (secondary N) is 1. The summed E-state index contributed by atoms with van der Waals surface area (Å²) in [5.41, 5.74) is 9.11. The van der Waals surface area contributed by atoms with E-state index >= 15 is 0 Å². The van der Waals surface area contributed by atoms with Crippen molar-refractivity contribution in [2.75, 3.05) is 17.7 Å². The molecule has 3 N–H and O–H groups in total. The third-order valence-corrected chi connectivity index (χ3v) is 2.50. The fraction of sp³-hybridized carbons (Fsp3) is 0.300. The Morgan fingerprint density at radius 3 is 2.86 bits per heavy atom. The van der Waals surface area contributed by atoms with Crippen molar-refractivity contribution in [1.82, 2.24) is 0 Å². The average Bonchev–Trinajstić information content (AvgIpc) is 2.14. The van der Waals surface area contributed by atoms with E-state index in [0.717, 1.165) is 16.9 Å². The minimum atomic E-state index is -0.139. The molecule has 0 aliphatic carbocycles. The number of nitrogens with two attached hydrogens (primary N) is 1. The van der Waals surface area contributed by atoms with Crippen LogP contribution in [0.5, 0.6) is 5.75 Å². The van der Waals surface area contributed by atoms with Gasteiger partial charge in [0.25, 0.3) is 5.91 Å². The third-order valence-electron chi connectivity index (χ3n) is 2.50. The molecule has 1 amide bonds. The fourth-order valence-electron chi connectivity index (χ4n) is 1.52. The first-order valence-corrected chi connectivity index (χ1v) is 4.42. The number of fused-ring (bicyclic) bond motifs is 1. The Labute approximate surface area is 82.1 Å². The predicted molar refractivity (Wildman–Crippen MR) is 54.5 cm³/mol. The highest BCUT2D eigenvalue weighted by Crippen LogP contribution is 2.36. The lowest BCUT2D eigenvalue weighted by Crippen LogP contribution is -2.26. The van der Waals surface area contributed by atoms with Crippen LogP contribution in [-0.2, 0) is 4.79 Å². The highest BCUT2D eigenvalue weighted by Gasteiger charge is 2.19. The molecule has 4 nitrogen and oxygen atoms in total. The largest absolute Gasteiger partial charge is 0.481 e. The molecular weight excluding hydrogens is 180 g/mol. The molecule has 0 saturated carbocycles. The number of carbonyl (C=O) groups excluding carboxylic acids is 1. The number of rotatable bonds is 0. The molecule has 1 heterocycles. The van der Waals surface area contributed by atoms with Gasteiger partial charge >= 0.3 is 0 Å². The van der Waals surface area contributed by atoms with Crippen LogP contribution in [0, 0.1) is 13.8 Å². The Morgan fingerprint density at radius 2 is 2.14 bits per heavy atom. The number of ether oxygens (including phenoxy) is 1. The molecule has 0 spiro atoms. The minimum Gasteiger partial charge on any atom is -0.481 e. The van der Waals surface area contributed by atoms with Crippen LogP contribution in [0.2, 0.25) is 0 Å². The van der Waals surface area contributed by atoms with Crippen LogP contribution >= 0.6 is 0 Å². The van der Waals surface area contributed by atoms with E-state index in [1.165, 1.54) is 0 Å². The van der Waals surface area contributed by atoms with Crippen molar-refractivity contribution in [3.05, 3.63) is 17.2 Å². The fourth-order valence-corrected chi connectivity index (χ4v) is 1.52. The summed E-state index contributed by atoms with van der Waals surface area (Å²) in [6.07, 6.45) is 0. The van der Waals surface area contributed by atoms with Crippen molar-refractivity contribution in [3.8, 4) is 5.75 Å². The first-order chi connectivity index (χ1) is 6.59. The van der Waals surface area contributed by atoms with Gasteiger partial charge in [-0.2, -0.15) is 0 Å². The van der Waals surface area contributed by atoms with Crippen LogP contribution < -0.4 is 15.8 Å². The molecule has 0 radical (unpaired) electrons. The second-order valence-corrected chi connectivity index (χ2v) is 3.43. The Kier molecular flexibility index (Phi) is 1.84. The monoisotopic (exact) mass is 192 g/mol. The molecule has 14 heavy (non-hydrogen) atoms. The lowest BCUT2D eigenvalue weighted by atomic mass is 10.0. The van der Waals surface area contributed by atoms with E-state index in [2.05, 4.69) is 5.32 Å². The molecule has 74 valence electrons. The van der Waals surface area contributed by atoms with Crippen molar-refractivity contribution in [3.63, 3.8) is 0 Å². The summed E-state index contributed by atoms with van der Waals surface area (Å²) in [5.74, 6) is 0.594. The second-order valence-electron chi connectivity index (χ2n) is 3.43. The molecule has 1 aliphatic heterocycles. The van der Waals surface area contributed by atoms with E-state index in [1.54, 1.807) is 6.07 Å². The zero-order chi connectivity index (χ0) is 10.3. The van der Waals surface area contributed by atoms with E-state index in [-0.39, 0.29) is 12.5 Å². The van der Waals surface area contributed by atoms with Crippen LogP contribution in [0.3, 0.4) is 0 Å². The second kappa shape index (κ2) is 2.90. The summed E-state index contributed by atoms with van der Waals surface area (Å²) in [5, 5.41) is 2.72. The van der Waals surface area contributed by atoms with E-state index in [9.17, 15) is 4.79 Å². The van der Waals surface area contributed by atoms with Gasteiger partial charge in [0.05, 0.1) is 5.69 Å². The van der Waals surface area contributed by atoms with E-state index in [0.29, 0.717) is 11.4 Å². The Hall–Kier alpha value is -1.71. The molecule has 0 unspecified atom stereocenters. The Morgan fingerprint density at radius 1 is 1.43 bits per heavy atom. The number of nitrogen functional groups attached to an aromatic ring is 1. The van der Waals surface area contributed by atoms with Crippen LogP contribution in [0.4, 0.5) is 11.4 Å². The van der Waals surface area contributed by atoms with E-state index in [1.807, 2.05) is 13.8 Å². The van der Waals surface area contributed by atoms with Gasteiger partial charge < -0.3 is 15.8 Å². The Balaban J connectivity index is 2.59. The topological polar surface area (TPSA) is 64.3 Å². The van der Waals surface area contributed by atoms with Crippen LogP contribution in [-0.4, -0.2) is 12.5 Å². The van der Waals surface area contributed by atoms with Crippen molar-refractivity contribution in [2.24, 2.45) is 0 Å². The van der Waals surface area contributed by atoms with Gasteiger partial charge in [-0.15, -0.1) is 0 Å². The van der Waals surface area contributed by atoms with E-state index < -0.39 is 0 Å². The number of benzene rings is 1. The van der Waals surface area contributed by atoms with Gasteiger partial charge in [-0.1, -0.05) is 0 Å². The summed E-state index contributed by atoms with van der Waals surface area (Å²) >= 11 is 0. The zero-order valence-corrected chi connectivity index (χ0v) is 8.18. The van der Waals surface area contributed by atoms with Crippen LogP contribution in [0.15, 0.2) is 6.07 Å². The van der Waals surface area contributed by atoms with E-state index in [4.69, 9.17) is 10.5 Å². The molecule has 4 heteroatoms. The molecule has 0 fully saturated rings. The quantitative estimate of drug-likeness (QED) is 0.607. The predicted octanol–water partition coefficient (Wildman–Crippen LogP) is 1.22. The number of carbonyl (C=O) groups is 1. The van der Waals surface area contributed by atoms with Crippen LogP contribution in [0.25, 0.3) is 0 Å². The smallest absolute Gasteiger partial charge is 0.262 e. The summed E-state index contributed by atoms with van der Waals surface area (Å²) < 4.78 is 5.33. The van der Waals surface area contributed by atoms with Gasteiger partial charge in [0.2, 0.25) is 0 Å². The molecule has 0 saturated heterocycles. The molecule has 1 aromatic rings. The summed E-state index contributed by atoms with van der Waals surface area (Å²) in [6, 6.07) is 1.73. The third kappa shape index (κ3) is 1.19. The van der Waals surface area contributed by atoms with Crippen molar-refractivity contribution in [2.45, 2.75) is 13.8 Å². The maximum atomic E-state index is 11.1.